The number of aromatic nitrogens is 3. The zero-order chi connectivity index (χ0) is 9.42. The van der Waals surface area contributed by atoms with Gasteiger partial charge in [0.25, 0.3) is 0 Å². The molecule has 3 nitrogen and oxygen atoms in total. The lowest BCUT2D eigenvalue weighted by Crippen LogP contribution is -2.09. The minimum absolute atomic E-state index is 0.434. The summed E-state index contributed by atoms with van der Waals surface area (Å²) in [5, 5.41) is 0.872. The number of rotatable bonds is 0. The Hall–Kier alpha value is -1.23. The molecule has 13 heavy (non-hydrogen) atoms. The average molecular weight is 187 g/mol. The van der Waals surface area contributed by atoms with Crippen LogP contribution in [-0.4, -0.2) is 22.8 Å². The predicted molar refractivity (Wildman–Crippen MR) is 54.8 cm³/mol. The molecule has 5 heteroatoms. The number of nitrogens with one attached hydrogen (secondary N) is 1. The highest BCUT2D eigenvalue weighted by Crippen LogP contribution is 2.05. The molecule has 0 saturated carbocycles. The maximum atomic E-state index is 5.69. The molecule has 0 amide bonds. The normalized spacial score (nSPS) is 10.5. The van der Waals surface area contributed by atoms with Gasteiger partial charge in [0, 0.05) is 17.3 Å². The van der Waals surface area contributed by atoms with Gasteiger partial charge in [0.2, 0.25) is 0 Å². The molecule has 2 radical (unpaired) electrons. The number of fused-ring (bicyclic) bond motifs is 1. The maximum absolute atomic E-state index is 5.69. The van der Waals surface area contributed by atoms with Crippen molar-refractivity contribution in [3.63, 3.8) is 0 Å². The topological polar surface area (TPSA) is 41.6 Å². The molecule has 2 heterocycles. The molecule has 0 aliphatic heterocycles. The summed E-state index contributed by atoms with van der Waals surface area (Å²) in [4.78, 5) is 11.1. The van der Waals surface area contributed by atoms with Crippen LogP contribution in [0.2, 0.25) is 0 Å². The number of hydrogen-bond donors (Lipinski definition) is 1. The Balaban J connectivity index is 2.89. The Labute approximate surface area is 81.6 Å². The van der Waals surface area contributed by atoms with Crippen LogP contribution in [0.5, 0.6) is 0 Å². The van der Waals surface area contributed by atoms with Crippen molar-refractivity contribution in [2.75, 3.05) is 0 Å². The van der Waals surface area contributed by atoms with E-state index in [4.69, 9.17) is 20.1 Å². The van der Waals surface area contributed by atoms with Crippen molar-refractivity contribution in [2.45, 2.75) is 6.92 Å². The van der Waals surface area contributed by atoms with Crippen molar-refractivity contribution >= 4 is 36.6 Å². The average Bonchev–Trinajstić information content (AvgIpc) is 2.08. The molecule has 0 aromatic carbocycles. The van der Waals surface area contributed by atoms with Gasteiger partial charge in [-0.2, -0.15) is 0 Å². The second-order valence-electron chi connectivity index (χ2n) is 2.79. The van der Waals surface area contributed by atoms with Crippen LogP contribution >= 0.6 is 12.2 Å². The van der Waals surface area contributed by atoms with Gasteiger partial charge in [-0.25, -0.2) is 9.97 Å². The fourth-order valence-corrected chi connectivity index (χ4v) is 1.25. The van der Waals surface area contributed by atoms with Gasteiger partial charge in [0.05, 0.1) is 0 Å². The summed E-state index contributed by atoms with van der Waals surface area (Å²) in [6.07, 6.45) is 1.66. The SMILES string of the molecule is [B]c1cc2cnc(=S)[nH]c2nc1C. The Morgan fingerprint density at radius 3 is 3.08 bits per heavy atom. The summed E-state index contributed by atoms with van der Waals surface area (Å²) in [5.41, 5.74) is 2.19. The summed E-state index contributed by atoms with van der Waals surface area (Å²) >= 11 is 4.88. The highest BCUT2D eigenvalue weighted by molar-refractivity contribution is 7.71. The predicted octanol–water partition coefficient (Wildman–Crippen LogP) is 0.790. The van der Waals surface area contributed by atoms with Gasteiger partial charge in [0.1, 0.15) is 13.5 Å². The zero-order valence-corrected chi connectivity index (χ0v) is 7.85. The van der Waals surface area contributed by atoms with Crippen LogP contribution in [0.15, 0.2) is 12.3 Å². The van der Waals surface area contributed by atoms with Gasteiger partial charge in [-0.3, -0.25) is 0 Å². The number of aryl methyl sites for hydroxylation is 1. The molecule has 0 saturated heterocycles. The molecule has 0 spiro atoms. The standard InChI is InChI=1S/C8H6BN3S/c1-4-6(9)2-5-3-10-8(13)12-7(5)11-4/h2-3H,1H3,(H,10,11,12,13). The molecular formula is C8H6BN3S. The Kier molecular flexibility index (Phi) is 1.88. The van der Waals surface area contributed by atoms with Gasteiger partial charge in [-0.15, -0.1) is 0 Å². The zero-order valence-electron chi connectivity index (χ0n) is 7.03. The monoisotopic (exact) mass is 187 g/mol. The third-order valence-electron chi connectivity index (χ3n) is 1.83. The lowest BCUT2D eigenvalue weighted by molar-refractivity contribution is 1.13. The molecule has 0 bridgehead atoms. The van der Waals surface area contributed by atoms with E-state index >= 15 is 0 Å². The molecule has 2 aromatic heterocycles. The van der Waals surface area contributed by atoms with Crippen LogP contribution in [0, 0.1) is 11.7 Å². The van der Waals surface area contributed by atoms with Gasteiger partial charge in [-0.05, 0) is 19.1 Å². The Morgan fingerprint density at radius 1 is 1.54 bits per heavy atom. The van der Waals surface area contributed by atoms with E-state index in [0.29, 0.717) is 10.2 Å². The van der Waals surface area contributed by atoms with Crippen molar-refractivity contribution < 1.29 is 0 Å². The first-order chi connectivity index (χ1) is 6.16. The molecule has 0 aliphatic rings. The van der Waals surface area contributed by atoms with E-state index in [1.165, 1.54) is 0 Å². The van der Waals surface area contributed by atoms with Crippen molar-refractivity contribution in [3.8, 4) is 0 Å². The number of hydrogen-bond acceptors (Lipinski definition) is 3. The molecule has 2 aromatic rings. The first-order valence-corrected chi connectivity index (χ1v) is 4.20. The lowest BCUT2D eigenvalue weighted by atomic mass is 9.94. The second-order valence-corrected chi connectivity index (χ2v) is 3.18. The van der Waals surface area contributed by atoms with Gasteiger partial charge in [-0.1, -0.05) is 11.5 Å². The summed E-state index contributed by atoms with van der Waals surface area (Å²) in [7, 11) is 5.69. The van der Waals surface area contributed by atoms with E-state index in [2.05, 4.69) is 15.0 Å². The smallest absolute Gasteiger partial charge is 0.198 e. The largest absolute Gasteiger partial charge is 0.315 e. The van der Waals surface area contributed by atoms with Crippen LogP contribution < -0.4 is 5.46 Å². The number of aromatic amines is 1. The third kappa shape index (κ3) is 1.47. The molecule has 0 atom stereocenters. The number of H-pyrrole nitrogens is 1. The van der Waals surface area contributed by atoms with E-state index in [-0.39, 0.29) is 0 Å². The molecule has 2 rings (SSSR count). The molecule has 0 aliphatic carbocycles. The third-order valence-corrected chi connectivity index (χ3v) is 2.04. The molecule has 1 N–H and O–H groups in total. The Morgan fingerprint density at radius 2 is 2.31 bits per heavy atom. The Bertz CT molecular complexity index is 520. The highest BCUT2D eigenvalue weighted by Gasteiger charge is 1.98. The van der Waals surface area contributed by atoms with Crippen LogP contribution in [0.1, 0.15) is 5.69 Å². The fraction of sp³-hybridized carbons (Fsp3) is 0.125. The second kappa shape index (κ2) is 2.92. The molecular weight excluding hydrogens is 181 g/mol. The van der Waals surface area contributed by atoms with Gasteiger partial charge in [0.15, 0.2) is 4.77 Å². The molecule has 62 valence electrons. The van der Waals surface area contributed by atoms with Crippen LogP contribution in [0.4, 0.5) is 0 Å². The van der Waals surface area contributed by atoms with Crippen molar-refractivity contribution in [1.29, 1.82) is 0 Å². The van der Waals surface area contributed by atoms with Crippen molar-refractivity contribution in [2.24, 2.45) is 0 Å². The van der Waals surface area contributed by atoms with Crippen LogP contribution in [-0.2, 0) is 0 Å². The first-order valence-electron chi connectivity index (χ1n) is 3.79. The first kappa shape index (κ1) is 8.38. The summed E-state index contributed by atoms with van der Waals surface area (Å²) in [6, 6.07) is 1.83. The summed E-state index contributed by atoms with van der Waals surface area (Å²) in [5.74, 6) is 0. The van der Waals surface area contributed by atoms with E-state index < -0.39 is 0 Å². The van der Waals surface area contributed by atoms with Gasteiger partial charge >= 0.3 is 0 Å². The molecule has 0 unspecified atom stereocenters. The summed E-state index contributed by atoms with van der Waals surface area (Å²) < 4.78 is 0.434. The fourth-order valence-electron chi connectivity index (χ4n) is 1.10. The van der Waals surface area contributed by atoms with Crippen LogP contribution in [0.3, 0.4) is 0 Å². The van der Waals surface area contributed by atoms with E-state index in [0.717, 1.165) is 16.7 Å². The maximum Gasteiger partial charge on any atom is 0.198 e. The lowest BCUT2D eigenvalue weighted by Gasteiger charge is -2.01. The number of pyridine rings is 1. The molecule has 0 fully saturated rings. The highest BCUT2D eigenvalue weighted by atomic mass is 32.1. The van der Waals surface area contributed by atoms with Crippen molar-refractivity contribution in [3.05, 3.63) is 22.7 Å². The minimum Gasteiger partial charge on any atom is -0.315 e. The van der Waals surface area contributed by atoms with E-state index in [9.17, 15) is 0 Å². The van der Waals surface area contributed by atoms with Crippen LogP contribution in [0.25, 0.3) is 11.0 Å². The van der Waals surface area contributed by atoms with E-state index in [1.54, 1.807) is 6.20 Å². The van der Waals surface area contributed by atoms with Crippen molar-refractivity contribution in [1.82, 2.24) is 15.0 Å². The summed E-state index contributed by atoms with van der Waals surface area (Å²) in [6.45, 7) is 1.85. The quantitative estimate of drug-likeness (QED) is 0.489. The van der Waals surface area contributed by atoms with Gasteiger partial charge < -0.3 is 4.98 Å². The number of nitrogens with zero attached hydrogens (tertiary/aromatic N) is 2. The minimum atomic E-state index is 0.434. The van der Waals surface area contributed by atoms with E-state index in [1.807, 2.05) is 13.0 Å².